The van der Waals surface area contributed by atoms with Gasteiger partial charge in [0.25, 0.3) is 5.91 Å². The Morgan fingerprint density at radius 2 is 1.80 bits per heavy atom. The van der Waals surface area contributed by atoms with Gasteiger partial charge in [-0.25, -0.2) is 4.98 Å². The van der Waals surface area contributed by atoms with E-state index >= 15 is 0 Å². The van der Waals surface area contributed by atoms with Crippen LogP contribution in [0.3, 0.4) is 0 Å². The SMILES string of the molecule is CSc1cc(SC)c2cc(NC(=O)c3cccc(OCc4cncc5ccccc45)c3)ccc2n1. The number of nitrogens with zero attached hydrogens (tertiary/aromatic N) is 2. The second-order valence-electron chi connectivity index (χ2n) is 7.89. The fourth-order valence-electron chi connectivity index (χ4n) is 3.91. The highest BCUT2D eigenvalue weighted by Crippen LogP contribution is 2.31. The van der Waals surface area contributed by atoms with Crippen molar-refractivity contribution in [2.45, 2.75) is 16.5 Å². The molecule has 5 rings (SSSR count). The summed E-state index contributed by atoms with van der Waals surface area (Å²) in [5.74, 6) is 0.434. The molecule has 0 aliphatic carbocycles. The number of fused-ring (bicyclic) bond motifs is 2. The van der Waals surface area contributed by atoms with E-state index < -0.39 is 0 Å². The standard InChI is InChI=1S/C28H23N3O2S2/c1-34-26-14-27(35-2)31-25-11-10-21(13-24(25)26)30-28(32)18-7-5-8-22(12-18)33-17-20-16-29-15-19-6-3-4-9-23(19)20/h3-16H,17H2,1-2H3,(H,30,32). The lowest BCUT2D eigenvalue weighted by atomic mass is 10.1. The van der Waals surface area contributed by atoms with Gasteiger partial charge in [-0.1, -0.05) is 30.3 Å². The Balaban J connectivity index is 1.33. The van der Waals surface area contributed by atoms with Crippen LogP contribution in [0.5, 0.6) is 5.75 Å². The van der Waals surface area contributed by atoms with Crippen LogP contribution in [0.15, 0.2) is 95.1 Å². The number of carbonyl (C=O) groups excluding carboxylic acids is 1. The van der Waals surface area contributed by atoms with Gasteiger partial charge in [0.15, 0.2) is 0 Å². The van der Waals surface area contributed by atoms with Crippen LogP contribution >= 0.6 is 23.5 Å². The molecule has 1 N–H and O–H groups in total. The average Bonchev–Trinajstić information content (AvgIpc) is 2.91. The molecule has 35 heavy (non-hydrogen) atoms. The number of benzene rings is 3. The van der Waals surface area contributed by atoms with E-state index in [9.17, 15) is 4.79 Å². The summed E-state index contributed by atoms with van der Waals surface area (Å²) in [6.45, 7) is 0.368. The van der Waals surface area contributed by atoms with Gasteiger partial charge in [-0.05, 0) is 60.4 Å². The third-order valence-electron chi connectivity index (χ3n) is 5.68. The van der Waals surface area contributed by atoms with Crippen molar-refractivity contribution >= 4 is 56.8 Å². The van der Waals surface area contributed by atoms with Crippen LogP contribution in [0, 0.1) is 0 Å². The number of rotatable bonds is 7. The zero-order valence-corrected chi connectivity index (χ0v) is 21.0. The Bertz CT molecular complexity index is 1530. The zero-order chi connectivity index (χ0) is 24.2. The maximum Gasteiger partial charge on any atom is 0.255 e. The molecular weight excluding hydrogens is 474 g/mol. The van der Waals surface area contributed by atoms with Crippen LogP contribution < -0.4 is 10.1 Å². The molecule has 0 fully saturated rings. The summed E-state index contributed by atoms with van der Waals surface area (Å²) in [6.07, 6.45) is 7.72. The Morgan fingerprint density at radius 1 is 0.914 bits per heavy atom. The van der Waals surface area contributed by atoms with E-state index in [2.05, 4.69) is 27.4 Å². The number of hydrogen-bond acceptors (Lipinski definition) is 6. The smallest absolute Gasteiger partial charge is 0.255 e. The highest BCUT2D eigenvalue weighted by Gasteiger charge is 2.11. The normalized spacial score (nSPS) is 11.0. The summed E-state index contributed by atoms with van der Waals surface area (Å²) in [4.78, 5) is 23.1. The van der Waals surface area contributed by atoms with Crippen LogP contribution in [0.2, 0.25) is 0 Å². The quantitative estimate of drug-likeness (QED) is 0.243. The monoisotopic (exact) mass is 497 g/mol. The van der Waals surface area contributed by atoms with Crippen molar-refractivity contribution in [2.75, 3.05) is 17.8 Å². The van der Waals surface area contributed by atoms with Gasteiger partial charge in [0.2, 0.25) is 0 Å². The third-order valence-corrected chi connectivity index (χ3v) is 7.08. The first-order valence-corrected chi connectivity index (χ1v) is 13.5. The number of hydrogen-bond donors (Lipinski definition) is 1. The lowest BCUT2D eigenvalue weighted by Crippen LogP contribution is -2.12. The minimum atomic E-state index is -0.193. The molecule has 7 heteroatoms. The summed E-state index contributed by atoms with van der Waals surface area (Å²) in [7, 11) is 0. The number of thioether (sulfide) groups is 2. The van der Waals surface area contributed by atoms with E-state index in [0.717, 1.165) is 42.8 Å². The van der Waals surface area contributed by atoms with Crippen molar-refractivity contribution < 1.29 is 9.53 Å². The van der Waals surface area contributed by atoms with Crippen molar-refractivity contribution in [3.8, 4) is 5.75 Å². The molecule has 174 valence electrons. The van der Waals surface area contributed by atoms with Gasteiger partial charge >= 0.3 is 0 Å². The lowest BCUT2D eigenvalue weighted by Gasteiger charge is -2.11. The molecule has 0 atom stereocenters. The third kappa shape index (κ3) is 5.11. The van der Waals surface area contributed by atoms with Crippen LogP contribution in [-0.4, -0.2) is 28.4 Å². The maximum atomic E-state index is 13.0. The fraction of sp³-hybridized carbons (Fsp3) is 0.107. The fourth-order valence-corrected chi connectivity index (χ4v) is 5.02. The van der Waals surface area contributed by atoms with Crippen LogP contribution in [0.1, 0.15) is 15.9 Å². The summed E-state index contributed by atoms with van der Waals surface area (Å²) in [5, 5.41) is 7.19. The average molecular weight is 498 g/mol. The Kier molecular flexibility index (Phi) is 6.88. The van der Waals surface area contributed by atoms with Crippen molar-refractivity contribution in [2.24, 2.45) is 0 Å². The maximum absolute atomic E-state index is 13.0. The topological polar surface area (TPSA) is 64.1 Å². The van der Waals surface area contributed by atoms with Crippen LogP contribution in [0.4, 0.5) is 5.69 Å². The molecule has 2 heterocycles. The highest BCUT2D eigenvalue weighted by atomic mass is 32.2. The van der Waals surface area contributed by atoms with Gasteiger partial charge in [-0.15, -0.1) is 23.5 Å². The van der Waals surface area contributed by atoms with Gasteiger partial charge in [-0.2, -0.15) is 0 Å². The van der Waals surface area contributed by atoms with E-state index in [4.69, 9.17) is 4.74 Å². The zero-order valence-electron chi connectivity index (χ0n) is 19.3. The van der Waals surface area contributed by atoms with Gasteiger partial charge in [0.1, 0.15) is 12.4 Å². The number of amides is 1. The van der Waals surface area contributed by atoms with Crippen molar-refractivity contribution in [3.05, 3.63) is 96.3 Å². The second kappa shape index (κ2) is 10.4. The second-order valence-corrected chi connectivity index (χ2v) is 9.56. The predicted octanol–water partition coefficient (Wildman–Crippen LogP) is 7.06. The number of carbonyl (C=O) groups is 1. The molecule has 5 nitrogen and oxygen atoms in total. The highest BCUT2D eigenvalue weighted by molar-refractivity contribution is 7.99. The predicted molar refractivity (Wildman–Crippen MR) is 146 cm³/mol. The molecule has 1 amide bonds. The van der Waals surface area contributed by atoms with Crippen molar-refractivity contribution in [1.29, 1.82) is 0 Å². The van der Waals surface area contributed by atoms with Gasteiger partial charge in [0, 0.05) is 44.9 Å². The minimum absolute atomic E-state index is 0.193. The van der Waals surface area contributed by atoms with Crippen molar-refractivity contribution in [3.63, 3.8) is 0 Å². The molecule has 0 saturated carbocycles. The summed E-state index contributed by atoms with van der Waals surface area (Å²) in [5.41, 5.74) is 3.17. The summed E-state index contributed by atoms with van der Waals surface area (Å²) in [6, 6.07) is 23.2. The molecule has 3 aromatic carbocycles. The van der Waals surface area contributed by atoms with Gasteiger partial charge in [0.05, 0.1) is 10.5 Å². The van der Waals surface area contributed by atoms with Gasteiger partial charge in [-0.3, -0.25) is 9.78 Å². The molecule has 0 aliphatic heterocycles. The Hall–Kier alpha value is -3.55. The number of aromatic nitrogens is 2. The number of pyridine rings is 2. The first-order valence-electron chi connectivity index (χ1n) is 11.0. The minimum Gasteiger partial charge on any atom is -0.489 e. The van der Waals surface area contributed by atoms with E-state index in [1.54, 1.807) is 35.7 Å². The number of nitrogens with one attached hydrogen (secondary N) is 1. The Morgan fingerprint density at radius 3 is 2.66 bits per heavy atom. The van der Waals surface area contributed by atoms with Crippen LogP contribution in [-0.2, 0) is 6.61 Å². The molecule has 0 bridgehead atoms. The first-order chi connectivity index (χ1) is 17.1. The molecule has 5 aromatic rings. The van der Waals surface area contributed by atoms with E-state index in [-0.39, 0.29) is 5.91 Å². The summed E-state index contributed by atoms with van der Waals surface area (Å²) >= 11 is 3.29. The molecule has 0 saturated heterocycles. The lowest BCUT2D eigenvalue weighted by molar-refractivity contribution is 0.102. The number of ether oxygens (including phenoxy) is 1. The molecule has 2 aromatic heterocycles. The van der Waals surface area contributed by atoms with E-state index in [0.29, 0.717) is 17.9 Å². The summed E-state index contributed by atoms with van der Waals surface area (Å²) < 4.78 is 6.02. The number of anilines is 1. The van der Waals surface area contributed by atoms with E-state index in [1.807, 2.05) is 73.4 Å². The van der Waals surface area contributed by atoms with Crippen molar-refractivity contribution in [1.82, 2.24) is 9.97 Å². The van der Waals surface area contributed by atoms with E-state index in [1.165, 1.54) is 0 Å². The van der Waals surface area contributed by atoms with Gasteiger partial charge < -0.3 is 10.1 Å². The molecule has 0 unspecified atom stereocenters. The Labute approximate surface area is 212 Å². The first kappa shape index (κ1) is 23.2. The largest absolute Gasteiger partial charge is 0.489 e. The van der Waals surface area contributed by atoms with Crippen LogP contribution in [0.25, 0.3) is 21.7 Å². The molecule has 0 spiro atoms. The molecule has 0 aliphatic rings. The molecular formula is C28H23N3O2S2. The molecule has 0 radical (unpaired) electrons.